The van der Waals surface area contributed by atoms with Crippen molar-refractivity contribution in [3.8, 4) is 0 Å². The van der Waals surface area contributed by atoms with Crippen LogP contribution in [0.3, 0.4) is 0 Å². The molecular weight excluding hydrogens is 246 g/mol. The number of carboxylic acids is 1. The molecule has 7 nitrogen and oxygen atoms in total. The van der Waals surface area contributed by atoms with E-state index in [0.29, 0.717) is 18.9 Å². The second kappa shape index (κ2) is 4.28. The van der Waals surface area contributed by atoms with Gasteiger partial charge in [0, 0.05) is 19.2 Å². The van der Waals surface area contributed by atoms with Gasteiger partial charge in [-0.15, -0.1) is 0 Å². The van der Waals surface area contributed by atoms with Crippen LogP contribution in [0.4, 0.5) is 5.82 Å². The molecule has 1 fully saturated rings. The molecule has 0 radical (unpaired) electrons. The average molecular weight is 257 g/mol. The molecule has 1 aliphatic heterocycles. The molecule has 0 bridgehead atoms. The highest BCUT2D eigenvalue weighted by molar-refractivity contribution is 7.91. The highest BCUT2D eigenvalue weighted by Gasteiger charge is 2.23. The lowest BCUT2D eigenvalue weighted by Crippen LogP contribution is -2.40. The van der Waals surface area contributed by atoms with Gasteiger partial charge in [-0.25, -0.2) is 23.2 Å². The summed E-state index contributed by atoms with van der Waals surface area (Å²) in [6.45, 7) is 0.664. The molecule has 1 aromatic rings. The van der Waals surface area contributed by atoms with Crippen molar-refractivity contribution in [3.63, 3.8) is 0 Å². The van der Waals surface area contributed by atoms with Crippen LogP contribution in [0.15, 0.2) is 12.4 Å². The Balaban J connectivity index is 2.18. The Kier molecular flexibility index (Phi) is 2.97. The van der Waals surface area contributed by atoms with Gasteiger partial charge in [0.25, 0.3) is 0 Å². The average Bonchev–Trinajstić information content (AvgIpc) is 2.29. The zero-order chi connectivity index (χ0) is 12.5. The lowest BCUT2D eigenvalue weighted by Gasteiger charge is -2.27. The molecule has 92 valence electrons. The van der Waals surface area contributed by atoms with E-state index in [9.17, 15) is 13.2 Å². The van der Waals surface area contributed by atoms with E-state index < -0.39 is 15.8 Å². The maximum Gasteiger partial charge on any atom is 0.354 e. The number of carbonyl (C=O) groups is 1. The number of aromatic carboxylic acids is 1. The second-order valence-corrected chi connectivity index (χ2v) is 6.01. The Morgan fingerprint density at radius 1 is 1.29 bits per heavy atom. The summed E-state index contributed by atoms with van der Waals surface area (Å²) in [7, 11) is -2.95. The van der Waals surface area contributed by atoms with Crippen molar-refractivity contribution in [2.45, 2.75) is 0 Å². The normalized spacial score (nSPS) is 18.9. The van der Waals surface area contributed by atoms with Crippen LogP contribution in [0.5, 0.6) is 0 Å². The van der Waals surface area contributed by atoms with Crippen LogP contribution in [-0.4, -0.2) is 54.1 Å². The third-order valence-electron chi connectivity index (χ3n) is 2.54. The van der Waals surface area contributed by atoms with Crippen LogP contribution in [0.1, 0.15) is 10.5 Å². The topological polar surface area (TPSA) is 100 Å². The number of sulfone groups is 1. The summed E-state index contributed by atoms with van der Waals surface area (Å²) in [5, 5.41) is 8.79. The molecule has 0 atom stereocenters. The molecule has 1 N–H and O–H groups in total. The van der Waals surface area contributed by atoms with Crippen molar-refractivity contribution in [2.75, 3.05) is 29.5 Å². The molecular formula is C9H11N3O4S. The predicted molar refractivity (Wildman–Crippen MR) is 59.9 cm³/mol. The minimum absolute atomic E-state index is 0.0689. The fraction of sp³-hybridized carbons (Fsp3) is 0.444. The van der Waals surface area contributed by atoms with Gasteiger partial charge in [0.1, 0.15) is 12.1 Å². The number of hydrogen-bond acceptors (Lipinski definition) is 6. The smallest absolute Gasteiger partial charge is 0.354 e. The maximum absolute atomic E-state index is 11.2. The van der Waals surface area contributed by atoms with E-state index in [1.807, 2.05) is 0 Å². The Morgan fingerprint density at radius 2 is 1.94 bits per heavy atom. The van der Waals surface area contributed by atoms with Gasteiger partial charge in [0.2, 0.25) is 0 Å². The van der Waals surface area contributed by atoms with Gasteiger partial charge in [0.05, 0.1) is 11.5 Å². The third-order valence-corrected chi connectivity index (χ3v) is 4.15. The number of hydrogen-bond donors (Lipinski definition) is 1. The molecule has 0 spiro atoms. The summed E-state index contributed by atoms with van der Waals surface area (Å²) in [5.74, 6) is -0.538. The summed E-state index contributed by atoms with van der Waals surface area (Å²) in [4.78, 5) is 20.0. The molecule has 0 unspecified atom stereocenters. The molecule has 17 heavy (non-hydrogen) atoms. The molecule has 0 aliphatic carbocycles. The van der Waals surface area contributed by atoms with Crippen LogP contribution in [-0.2, 0) is 9.84 Å². The van der Waals surface area contributed by atoms with Gasteiger partial charge in [-0.1, -0.05) is 0 Å². The fourth-order valence-corrected chi connectivity index (χ4v) is 2.78. The van der Waals surface area contributed by atoms with Gasteiger partial charge in [-0.3, -0.25) is 0 Å². The van der Waals surface area contributed by atoms with Crippen LogP contribution < -0.4 is 4.90 Å². The van der Waals surface area contributed by atoms with E-state index in [-0.39, 0.29) is 17.2 Å². The number of rotatable bonds is 2. The van der Waals surface area contributed by atoms with Gasteiger partial charge in [-0.2, -0.15) is 0 Å². The Hall–Kier alpha value is -1.70. The van der Waals surface area contributed by atoms with Gasteiger partial charge in [-0.05, 0) is 0 Å². The molecule has 1 aliphatic rings. The zero-order valence-corrected chi connectivity index (χ0v) is 9.72. The molecule has 0 saturated carbocycles. The highest BCUT2D eigenvalue weighted by atomic mass is 32.2. The number of nitrogens with zero attached hydrogens (tertiary/aromatic N) is 3. The number of aromatic nitrogens is 2. The first kappa shape index (κ1) is 11.8. The first-order valence-electron chi connectivity index (χ1n) is 4.99. The van der Waals surface area contributed by atoms with Gasteiger partial charge >= 0.3 is 5.97 Å². The second-order valence-electron chi connectivity index (χ2n) is 3.71. The summed E-state index contributed by atoms with van der Waals surface area (Å²) < 4.78 is 22.5. The van der Waals surface area contributed by atoms with E-state index in [4.69, 9.17) is 5.11 Å². The third kappa shape index (κ3) is 2.70. The molecule has 2 heterocycles. The van der Waals surface area contributed by atoms with E-state index in [2.05, 4.69) is 9.97 Å². The monoisotopic (exact) mass is 257 g/mol. The predicted octanol–water partition coefficient (Wildman–Crippen LogP) is -0.590. The van der Waals surface area contributed by atoms with E-state index in [1.165, 1.54) is 12.4 Å². The summed E-state index contributed by atoms with van der Waals surface area (Å²) >= 11 is 0. The highest BCUT2D eigenvalue weighted by Crippen LogP contribution is 2.14. The molecule has 1 aromatic heterocycles. The molecule has 1 saturated heterocycles. The van der Waals surface area contributed by atoms with Crippen molar-refractivity contribution >= 4 is 21.6 Å². The number of carboxylic acid groups (broad SMARTS) is 1. The lowest BCUT2D eigenvalue weighted by molar-refractivity contribution is 0.0690. The van der Waals surface area contributed by atoms with Crippen molar-refractivity contribution < 1.29 is 18.3 Å². The summed E-state index contributed by atoms with van der Waals surface area (Å²) in [5.41, 5.74) is -0.0940. The van der Waals surface area contributed by atoms with Gasteiger partial charge in [0.15, 0.2) is 15.5 Å². The fourth-order valence-electron chi connectivity index (χ4n) is 1.58. The van der Waals surface area contributed by atoms with Crippen LogP contribution in [0.25, 0.3) is 0 Å². The molecule has 2 rings (SSSR count). The summed E-state index contributed by atoms with van der Waals surface area (Å²) in [6.07, 6.45) is 1.17. The Morgan fingerprint density at radius 3 is 2.53 bits per heavy atom. The largest absolute Gasteiger partial charge is 0.477 e. The quantitative estimate of drug-likeness (QED) is 0.755. The standard InChI is InChI=1S/C9H11N3O4S/c13-9(14)7-5-8(11-6-10-7)12-1-3-17(15,16)4-2-12/h5-6H,1-4H2,(H,13,14). The van der Waals surface area contributed by atoms with E-state index in [1.54, 1.807) is 4.90 Å². The minimum Gasteiger partial charge on any atom is -0.477 e. The Labute approximate surface area is 98.0 Å². The SMILES string of the molecule is O=C(O)c1cc(N2CCS(=O)(=O)CC2)ncn1. The van der Waals surface area contributed by atoms with Crippen molar-refractivity contribution in [1.29, 1.82) is 0 Å². The molecule has 0 aromatic carbocycles. The number of anilines is 1. The minimum atomic E-state index is -2.95. The molecule has 8 heteroatoms. The zero-order valence-electron chi connectivity index (χ0n) is 8.90. The van der Waals surface area contributed by atoms with Crippen molar-refractivity contribution in [2.24, 2.45) is 0 Å². The Bertz CT molecular complexity index is 529. The van der Waals surface area contributed by atoms with E-state index in [0.717, 1.165) is 0 Å². The lowest BCUT2D eigenvalue weighted by atomic mass is 10.3. The van der Waals surface area contributed by atoms with Crippen molar-refractivity contribution in [3.05, 3.63) is 18.1 Å². The summed E-state index contributed by atoms with van der Waals surface area (Å²) in [6, 6.07) is 1.35. The molecule has 0 amide bonds. The first-order chi connectivity index (χ1) is 7.98. The van der Waals surface area contributed by atoms with Crippen molar-refractivity contribution in [1.82, 2.24) is 9.97 Å². The van der Waals surface area contributed by atoms with Gasteiger partial charge < -0.3 is 10.0 Å². The maximum atomic E-state index is 11.2. The van der Waals surface area contributed by atoms with Crippen LogP contribution >= 0.6 is 0 Å². The first-order valence-corrected chi connectivity index (χ1v) is 6.81. The van der Waals surface area contributed by atoms with Crippen LogP contribution in [0, 0.1) is 0 Å². The van der Waals surface area contributed by atoms with E-state index >= 15 is 0 Å². The van der Waals surface area contributed by atoms with Crippen LogP contribution in [0.2, 0.25) is 0 Å².